The number of carbonyl (C=O) groups excluding carboxylic acids is 1. The summed E-state index contributed by atoms with van der Waals surface area (Å²) >= 11 is 1.87. The molecule has 3 nitrogen and oxygen atoms in total. The molecule has 3 fully saturated rings. The van der Waals surface area contributed by atoms with Gasteiger partial charge in [0, 0.05) is 22.8 Å². The Kier molecular flexibility index (Phi) is 5.58. The van der Waals surface area contributed by atoms with Crippen LogP contribution in [0.1, 0.15) is 56.2 Å². The second-order valence-corrected chi connectivity index (χ2v) is 8.85. The van der Waals surface area contributed by atoms with Gasteiger partial charge in [-0.1, -0.05) is 25.3 Å². The van der Waals surface area contributed by atoms with Crippen molar-refractivity contribution in [2.45, 2.75) is 56.8 Å². The third kappa shape index (κ3) is 3.38. The highest BCUT2D eigenvalue weighted by Crippen LogP contribution is 2.58. The minimum atomic E-state index is 0. The van der Waals surface area contributed by atoms with Gasteiger partial charge in [-0.2, -0.15) is 0 Å². The van der Waals surface area contributed by atoms with Gasteiger partial charge in [0.25, 0.3) is 0 Å². The van der Waals surface area contributed by atoms with Gasteiger partial charge in [0.2, 0.25) is 5.91 Å². The van der Waals surface area contributed by atoms with Crippen molar-refractivity contribution >= 4 is 29.7 Å². The standard InChI is InChI=1S/C19H28N2OS.ClH/c22-17(15-13-18(15)8-10-20-11-9-18)21-14-19(6-2-1-3-7-19)16-5-4-12-23-16;/h4-5,12,15,20H,1-3,6-11,13-14H2,(H,21,22);1H. The second-order valence-electron chi connectivity index (χ2n) is 7.91. The van der Waals surface area contributed by atoms with Crippen molar-refractivity contribution in [1.29, 1.82) is 0 Å². The zero-order valence-electron chi connectivity index (χ0n) is 14.3. The quantitative estimate of drug-likeness (QED) is 0.846. The maximum Gasteiger partial charge on any atom is 0.223 e. The maximum atomic E-state index is 12.7. The van der Waals surface area contributed by atoms with E-state index in [2.05, 4.69) is 28.1 Å². The Labute approximate surface area is 155 Å². The van der Waals surface area contributed by atoms with Crippen LogP contribution in [0.5, 0.6) is 0 Å². The molecule has 2 N–H and O–H groups in total. The van der Waals surface area contributed by atoms with E-state index in [1.165, 1.54) is 49.8 Å². The van der Waals surface area contributed by atoms with E-state index in [9.17, 15) is 4.79 Å². The van der Waals surface area contributed by atoms with Crippen molar-refractivity contribution in [3.05, 3.63) is 22.4 Å². The van der Waals surface area contributed by atoms with E-state index in [1.807, 2.05) is 11.3 Å². The van der Waals surface area contributed by atoms with Gasteiger partial charge in [-0.05, 0) is 62.1 Å². The molecule has 134 valence electrons. The van der Waals surface area contributed by atoms with Crippen LogP contribution in [0.15, 0.2) is 17.5 Å². The average molecular weight is 369 g/mol. The van der Waals surface area contributed by atoms with E-state index in [0.717, 1.165) is 26.1 Å². The molecule has 5 heteroatoms. The molecule has 2 saturated carbocycles. The summed E-state index contributed by atoms with van der Waals surface area (Å²) in [5.41, 5.74) is 0.552. The highest BCUT2D eigenvalue weighted by molar-refractivity contribution is 7.10. The van der Waals surface area contributed by atoms with Crippen LogP contribution < -0.4 is 10.6 Å². The molecule has 1 aromatic rings. The van der Waals surface area contributed by atoms with Gasteiger partial charge < -0.3 is 10.6 Å². The van der Waals surface area contributed by atoms with Gasteiger partial charge in [-0.15, -0.1) is 23.7 Å². The predicted octanol–water partition coefficient (Wildman–Crippen LogP) is 3.88. The Balaban J connectivity index is 0.00000169. The number of piperidine rings is 1. The van der Waals surface area contributed by atoms with Gasteiger partial charge >= 0.3 is 0 Å². The number of nitrogens with one attached hydrogen (secondary N) is 2. The lowest BCUT2D eigenvalue weighted by molar-refractivity contribution is -0.123. The van der Waals surface area contributed by atoms with Crippen LogP contribution in [0.3, 0.4) is 0 Å². The topological polar surface area (TPSA) is 41.1 Å². The van der Waals surface area contributed by atoms with E-state index in [4.69, 9.17) is 0 Å². The zero-order valence-corrected chi connectivity index (χ0v) is 15.9. The first kappa shape index (κ1) is 18.2. The average Bonchev–Trinajstić information content (AvgIpc) is 3.02. The van der Waals surface area contributed by atoms with E-state index >= 15 is 0 Å². The first-order chi connectivity index (χ1) is 11.2. The molecule has 1 spiro atoms. The van der Waals surface area contributed by atoms with Crippen molar-refractivity contribution in [3.63, 3.8) is 0 Å². The summed E-state index contributed by atoms with van der Waals surface area (Å²) in [4.78, 5) is 14.2. The van der Waals surface area contributed by atoms with E-state index < -0.39 is 0 Å². The minimum absolute atomic E-state index is 0. The van der Waals surface area contributed by atoms with Crippen LogP contribution in [0, 0.1) is 11.3 Å². The normalized spacial score (nSPS) is 27.2. The summed E-state index contributed by atoms with van der Waals surface area (Å²) in [7, 11) is 0. The van der Waals surface area contributed by atoms with Crippen LogP contribution in [-0.4, -0.2) is 25.5 Å². The molecule has 1 aliphatic heterocycles. The number of hydrogen-bond acceptors (Lipinski definition) is 3. The molecule has 1 amide bonds. The number of amides is 1. The fourth-order valence-corrected chi connectivity index (χ4v) is 5.88. The monoisotopic (exact) mass is 368 g/mol. The van der Waals surface area contributed by atoms with Crippen molar-refractivity contribution in [1.82, 2.24) is 10.6 Å². The smallest absolute Gasteiger partial charge is 0.223 e. The Hall–Kier alpha value is -0.580. The molecule has 24 heavy (non-hydrogen) atoms. The lowest BCUT2D eigenvalue weighted by atomic mass is 9.73. The van der Waals surface area contributed by atoms with Gasteiger partial charge in [0.1, 0.15) is 0 Å². The van der Waals surface area contributed by atoms with Crippen molar-refractivity contribution < 1.29 is 4.79 Å². The molecule has 2 aliphatic carbocycles. The molecule has 1 unspecified atom stereocenters. The first-order valence-electron chi connectivity index (χ1n) is 9.27. The van der Waals surface area contributed by atoms with Crippen molar-refractivity contribution in [2.75, 3.05) is 19.6 Å². The Morgan fingerprint density at radius 3 is 2.62 bits per heavy atom. The highest BCUT2D eigenvalue weighted by atomic mass is 35.5. The summed E-state index contributed by atoms with van der Waals surface area (Å²) in [5, 5.41) is 8.96. The molecule has 0 aromatic carbocycles. The van der Waals surface area contributed by atoms with Crippen molar-refractivity contribution in [2.24, 2.45) is 11.3 Å². The SMILES string of the molecule is Cl.O=C(NCC1(c2cccs2)CCCCC1)C1CC12CCNCC2. The predicted molar refractivity (Wildman–Crippen MR) is 102 cm³/mol. The van der Waals surface area contributed by atoms with Crippen LogP contribution in [0.25, 0.3) is 0 Å². The Morgan fingerprint density at radius 1 is 1.21 bits per heavy atom. The molecule has 3 aliphatic rings. The Bertz CT molecular complexity index is 548. The fraction of sp³-hybridized carbons (Fsp3) is 0.737. The molecular weight excluding hydrogens is 340 g/mol. The lowest BCUT2D eigenvalue weighted by Crippen LogP contribution is -2.43. The summed E-state index contributed by atoms with van der Waals surface area (Å²) < 4.78 is 0. The third-order valence-corrected chi connectivity index (χ3v) is 7.68. The van der Waals surface area contributed by atoms with Gasteiger partial charge in [-0.25, -0.2) is 0 Å². The zero-order chi connectivity index (χ0) is 15.8. The second kappa shape index (κ2) is 7.35. The van der Waals surface area contributed by atoms with Gasteiger partial charge in [0.15, 0.2) is 0 Å². The van der Waals surface area contributed by atoms with Crippen LogP contribution in [-0.2, 0) is 10.2 Å². The number of thiophene rings is 1. The van der Waals surface area contributed by atoms with Gasteiger partial charge in [0.05, 0.1) is 0 Å². The molecule has 1 saturated heterocycles. The molecule has 1 atom stereocenters. The van der Waals surface area contributed by atoms with E-state index in [0.29, 0.717) is 11.3 Å². The fourth-order valence-electron chi connectivity index (χ4n) is 4.89. The van der Waals surface area contributed by atoms with Crippen LogP contribution in [0.2, 0.25) is 0 Å². The third-order valence-electron chi connectivity index (χ3n) is 6.56. The molecule has 0 radical (unpaired) electrons. The van der Waals surface area contributed by atoms with Crippen molar-refractivity contribution in [3.8, 4) is 0 Å². The number of carbonyl (C=O) groups is 1. The van der Waals surface area contributed by atoms with Crippen LogP contribution in [0.4, 0.5) is 0 Å². The van der Waals surface area contributed by atoms with E-state index in [-0.39, 0.29) is 23.7 Å². The molecular formula is C19H29ClN2OS. The molecule has 1 aromatic heterocycles. The molecule has 0 bridgehead atoms. The molecule has 2 heterocycles. The summed E-state index contributed by atoms with van der Waals surface area (Å²) in [6.07, 6.45) is 9.88. The number of halogens is 1. The van der Waals surface area contributed by atoms with E-state index in [1.54, 1.807) is 0 Å². The van der Waals surface area contributed by atoms with Crippen LogP contribution >= 0.6 is 23.7 Å². The highest BCUT2D eigenvalue weighted by Gasteiger charge is 2.57. The summed E-state index contributed by atoms with van der Waals surface area (Å²) in [5.74, 6) is 0.613. The lowest BCUT2D eigenvalue weighted by Gasteiger charge is -2.37. The first-order valence-corrected chi connectivity index (χ1v) is 10.1. The summed E-state index contributed by atoms with van der Waals surface area (Å²) in [6.45, 7) is 3.02. The minimum Gasteiger partial charge on any atom is -0.355 e. The number of hydrogen-bond donors (Lipinski definition) is 2. The van der Waals surface area contributed by atoms with Gasteiger partial charge in [-0.3, -0.25) is 4.79 Å². The largest absolute Gasteiger partial charge is 0.355 e. The Morgan fingerprint density at radius 2 is 1.96 bits per heavy atom. The maximum absolute atomic E-state index is 12.7. The molecule has 4 rings (SSSR count). The summed E-state index contributed by atoms with van der Waals surface area (Å²) in [6, 6.07) is 4.43. The number of rotatable bonds is 4.